The summed E-state index contributed by atoms with van der Waals surface area (Å²) in [6.45, 7) is 5.25. The molecule has 0 saturated heterocycles. The van der Waals surface area contributed by atoms with E-state index in [4.69, 9.17) is 4.98 Å². The van der Waals surface area contributed by atoms with E-state index in [2.05, 4.69) is 29.6 Å². The Balaban J connectivity index is 1.83. The lowest BCUT2D eigenvalue weighted by molar-refractivity contribution is 0.658. The molecule has 1 aliphatic rings. The average molecular weight is 261 g/mol. The van der Waals surface area contributed by atoms with Gasteiger partial charge in [-0.25, -0.2) is 9.97 Å². The predicted octanol–water partition coefficient (Wildman–Crippen LogP) is 3.39. The minimum Gasteiger partial charge on any atom is -0.328 e. The highest BCUT2D eigenvalue weighted by Crippen LogP contribution is 2.27. The Kier molecular flexibility index (Phi) is 3.20. The van der Waals surface area contributed by atoms with Crippen molar-refractivity contribution in [1.82, 2.24) is 14.5 Å². The molecule has 0 fully saturated rings. The third-order valence-electron chi connectivity index (χ3n) is 3.46. The van der Waals surface area contributed by atoms with Crippen molar-refractivity contribution in [3.8, 4) is 0 Å². The van der Waals surface area contributed by atoms with Crippen molar-refractivity contribution >= 4 is 11.3 Å². The third kappa shape index (κ3) is 2.21. The first-order valence-corrected chi connectivity index (χ1v) is 7.54. The summed E-state index contributed by atoms with van der Waals surface area (Å²) in [6, 6.07) is 0. The number of hydrogen-bond acceptors (Lipinski definition) is 3. The molecule has 4 heteroatoms. The number of fused-ring (bicyclic) bond motifs is 1. The van der Waals surface area contributed by atoms with Gasteiger partial charge in [0.15, 0.2) is 0 Å². The van der Waals surface area contributed by atoms with E-state index in [-0.39, 0.29) is 0 Å². The second-order valence-corrected chi connectivity index (χ2v) is 6.42. The maximum atomic E-state index is 4.80. The van der Waals surface area contributed by atoms with Gasteiger partial charge in [-0.15, -0.1) is 11.3 Å². The van der Waals surface area contributed by atoms with Crippen LogP contribution in [-0.2, 0) is 19.4 Å². The van der Waals surface area contributed by atoms with Crippen LogP contribution in [0.2, 0.25) is 0 Å². The minimum absolute atomic E-state index is 0.467. The number of thiazole rings is 1. The molecule has 0 bridgehead atoms. The van der Waals surface area contributed by atoms with Gasteiger partial charge in [-0.2, -0.15) is 0 Å². The first-order valence-electron chi connectivity index (χ1n) is 6.72. The van der Waals surface area contributed by atoms with E-state index < -0.39 is 0 Å². The monoisotopic (exact) mass is 261 g/mol. The maximum Gasteiger partial charge on any atom is 0.113 e. The molecule has 0 aliphatic heterocycles. The van der Waals surface area contributed by atoms with Gasteiger partial charge in [0.25, 0.3) is 0 Å². The van der Waals surface area contributed by atoms with Gasteiger partial charge in [0.1, 0.15) is 10.8 Å². The van der Waals surface area contributed by atoms with Crippen LogP contribution < -0.4 is 0 Å². The smallest absolute Gasteiger partial charge is 0.113 e. The van der Waals surface area contributed by atoms with Crippen LogP contribution in [0.3, 0.4) is 0 Å². The van der Waals surface area contributed by atoms with Crippen molar-refractivity contribution in [3.05, 3.63) is 33.8 Å². The summed E-state index contributed by atoms with van der Waals surface area (Å²) in [5.74, 6) is 1.62. The topological polar surface area (TPSA) is 30.7 Å². The molecular formula is C14H19N3S. The normalized spacial score (nSPS) is 15.1. The highest BCUT2D eigenvalue weighted by atomic mass is 32.1. The minimum atomic E-state index is 0.467. The predicted molar refractivity (Wildman–Crippen MR) is 74.2 cm³/mol. The lowest BCUT2D eigenvalue weighted by Gasteiger charge is -2.08. The van der Waals surface area contributed by atoms with Gasteiger partial charge in [0.05, 0.1) is 12.2 Å². The van der Waals surface area contributed by atoms with Gasteiger partial charge in [-0.3, -0.25) is 0 Å². The molecule has 96 valence electrons. The fourth-order valence-electron chi connectivity index (χ4n) is 2.57. The van der Waals surface area contributed by atoms with Gasteiger partial charge < -0.3 is 4.57 Å². The number of imidazole rings is 1. The highest BCUT2D eigenvalue weighted by Gasteiger charge is 2.16. The lowest BCUT2D eigenvalue weighted by atomic mass is 10.0. The summed E-state index contributed by atoms with van der Waals surface area (Å²) in [7, 11) is 0. The van der Waals surface area contributed by atoms with E-state index in [0.29, 0.717) is 5.92 Å². The molecule has 0 spiro atoms. The summed E-state index contributed by atoms with van der Waals surface area (Å²) >= 11 is 1.89. The molecular weight excluding hydrogens is 242 g/mol. The fourth-order valence-corrected chi connectivity index (χ4v) is 3.73. The largest absolute Gasteiger partial charge is 0.328 e. The van der Waals surface area contributed by atoms with Crippen LogP contribution >= 0.6 is 11.3 Å². The Labute approximate surface area is 112 Å². The van der Waals surface area contributed by atoms with Crippen LogP contribution in [0.25, 0.3) is 0 Å². The Morgan fingerprint density at radius 2 is 2.17 bits per heavy atom. The molecule has 3 nitrogen and oxygen atoms in total. The Morgan fingerprint density at radius 3 is 2.94 bits per heavy atom. The molecule has 18 heavy (non-hydrogen) atoms. The van der Waals surface area contributed by atoms with Crippen LogP contribution in [-0.4, -0.2) is 14.5 Å². The van der Waals surface area contributed by atoms with Crippen LogP contribution in [0, 0.1) is 0 Å². The molecule has 2 aromatic rings. The number of aromatic nitrogens is 3. The standard InChI is InChI=1S/C14H19N3S/c1-10(2)14-15-7-8-17(14)9-13-16-11-5-3-4-6-12(11)18-13/h7-8,10H,3-6,9H2,1-2H3. The average Bonchev–Trinajstić information content (AvgIpc) is 2.94. The van der Waals surface area contributed by atoms with Gasteiger partial charge >= 0.3 is 0 Å². The second-order valence-electron chi connectivity index (χ2n) is 5.25. The summed E-state index contributed by atoms with van der Waals surface area (Å²) < 4.78 is 2.23. The molecule has 0 radical (unpaired) electrons. The van der Waals surface area contributed by atoms with E-state index >= 15 is 0 Å². The zero-order valence-electron chi connectivity index (χ0n) is 11.0. The van der Waals surface area contributed by atoms with E-state index in [0.717, 1.165) is 12.4 Å². The number of hydrogen-bond donors (Lipinski definition) is 0. The number of nitrogens with zero attached hydrogens (tertiary/aromatic N) is 3. The Bertz CT molecular complexity index is 515. The van der Waals surface area contributed by atoms with Crippen molar-refractivity contribution in [2.75, 3.05) is 0 Å². The molecule has 3 rings (SSSR count). The molecule has 2 aromatic heterocycles. The summed E-state index contributed by atoms with van der Waals surface area (Å²) in [6.07, 6.45) is 8.99. The number of aryl methyl sites for hydroxylation is 2. The van der Waals surface area contributed by atoms with Gasteiger partial charge in [0.2, 0.25) is 0 Å². The Hall–Kier alpha value is -1.16. The summed E-state index contributed by atoms with van der Waals surface area (Å²) in [5, 5.41) is 1.24. The van der Waals surface area contributed by atoms with Crippen molar-refractivity contribution in [2.24, 2.45) is 0 Å². The maximum absolute atomic E-state index is 4.80. The van der Waals surface area contributed by atoms with Crippen LogP contribution in [0.1, 0.15) is 54.0 Å². The molecule has 0 atom stereocenters. The molecule has 0 saturated carbocycles. The second kappa shape index (κ2) is 4.84. The van der Waals surface area contributed by atoms with Gasteiger partial charge in [-0.05, 0) is 25.7 Å². The summed E-state index contributed by atoms with van der Waals surface area (Å²) in [4.78, 5) is 10.7. The molecule has 0 aromatic carbocycles. The lowest BCUT2D eigenvalue weighted by Crippen LogP contribution is -2.05. The van der Waals surface area contributed by atoms with Crippen molar-refractivity contribution in [2.45, 2.75) is 52.0 Å². The van der Waals surface area contributed by atoms with E-state index in [9.17, 15) is 0 Å². The molecule has 0 amide bonds. The van der Waals surface area contributed by atoms with Crippen LogP contribution in [0.5, 0.6) is 0 Å². The van der Waals surface area contributed by atoms with Gasteiger partial charge in [-0.1, -0.05) is 13.8 Å². The van der Waals surface area contributed by atoms with Crippen molar-refractivity contribution < 1.29 is 0 Å². The summed E-state index contributed by atoms with van der Waals surface area (Å²) in [5.41, 5.74) is 1.35. The molecule has 0 unspecified atom stereocenters. The zero-order valence-corrected chi connectivity index (χ0v) is 11.8. The van der Waals surface area contributed by atoms with Crippen molar-refractivity contribution in [1.29, 1.82) is 0 Å². The quantitative estimate of drug-likeness (QED) is 0.848. The Morgan fingerprint density at radius 1 is 1.33 bits per heavy atom. The first kappa shape index (κ1) is 11.9. The third-order valence-corrected chi connectivity index (χ3v) is 4.60. The molecule has 2 heterocycles. The fraction of sp³-hybridized carbons (Fsp3) is 0.571. The van der Waals surface area contributed by atoms with Gasteiger partial charge in [0, 0.05) is 23.2 Å². The first-order chi connectivity index (χ1) is 8.74. The van der Waals surface area contributed by atoms with E-state index in [1.807, 2.05) is 17.5 Å². The highest BCUT2D eigenvalue weighted by molar-refractivity contribution is 7.11. The van der Waals surface area contributed by atoms with Crippen LogP contribution in [0.4, 0.5) is 0 Å². The van der Waals surface area contributed by atoms with Crippen molar-refractivity contribution in [3.63, 3.8) is 0 Å². The zero-order chi connectivity index (χ0) is 12.5. The number of rotatable bonds is 3. The van der Waals surface area contributed by atoms with Crippen LogP contribution in [0.15, 0.2) is 12.4 Å². The van der Waals surface area contributed by atoms with E-state index in [1.54, 1.807) is 0 Å². The SMILES string of the molecule is CC(C)c1nccn1Cc1nc2c(s1)CCCC2. The molecule has 1 aliphatic carbocycles. The molecule has 0 N–H and O–H groups in total. The van der Waals surface area contributed by atoms with E-state index in [1.165, 1.54) is 41.3 Å².